The molecule has 0 saturated heterocycles. The first-order chi connectivity index (χ1) is 10.2. The van der Waals surface area contributed by atoms with Gasteiger partial charge in [0.1, 0.15) is 17.9 Å². The summed E-state index contributed by atoms with van der Waals surface area (Å²) < 4.78 is 19.5. The van der Waals surface area contributed by atoms with Crippen molar-refractivity contribution in [3.05, 3.63) is 52.8 Å². The van der Waals surface area contributed by atoms with E-state index in [1.165, 1.54) is 25.0 Å². The molecule has 0 aromatic heterocycles. The molecular weight excluding hydrogens is 291 g/mol. The van der Waals surface area contributed by atoms with Gasteiger partial charge < -0.3 is 4.74 Å². The highest BCUT2D eigenvalue weighted by atomic mass is 35.5. The average Bonchev–Trinajstić information content (AvgIpc) is 3.32. The van der Waals surface area contributed by atoms with E-state index in [2.05, 4.69) is 0 Å². The minimum Gasteiger partial charge on any atom is -0.493 e. The summed E-state index contributed by atoms with van der Waals surface area (Å²) in [4.78, 5) is 11.0. The molecule has 108 valence electrons. The van der Waals surface area contributed by atoms with Crippen LogP contribution >= 0.6 is 11.6 Å². The van der Waals surface area contributed by atoms with Gasteiger partial charge in [0, 0.05) is 11.1 Å². The van der Waals surface area contributed by atoms with E-state index < -0.39 is 5.82 Å². The van der Waals surface area contributed by atoms with Crippen LogP contribution in [0.4, 0.5) is 4.39 Å². The van der Waals surface area contributed by atoms with Crippen LogP contribution in [0.3, 0.4) is 0 Å². The van der Waals surface area contributed by atoms with Crippen molar-refractivity contribution in [2.24, 2.45) is 5.92 Å². The van der Waals surface area contributed by atoms with Crippen LogP contribution in [0.2, 0.25) is 5.02 Å². The number of carbonyl (C=O) groups excluding carboxylic acids is 1. The molecule has 2 nitrogen and oxygen atoms in total. The molecule has 0 amide bonds. The largest absolute Gasteiger partial charge is 0.493 e. The fourth-order valence-electron chi connectivity index (χ4n) is 2.13. The Kier molecular flexibility index (Phi) is 3.93. The van der Waals surface area contributed by atoms with Gasteiger partial charge in [0.2, 0.25) is 0 Å². The second-order valence-electron chi connectivity index (χ2n) is 5.26. The Labute approximate surface area is 127 Å². The van der Waals surface area contributed by atoms with E-state index >= 15 is 0 Å². The number of halogens is 2. The first-order valence-corrected chi connectivity index (χ1v) is 7.22. The summed E-state index contributed by atoms with van der Waals surface area (Å²) in [6.07, 6.45) is 3.15. The Balaban J connectivity index is 1.99. The van der Waals surface area contributed by atoms with Gasteiger partial charge in [0.15, 0.2) is 0 Å². The van der Waals surface area contributed by atoms with E-state index in [1.54, 1.807) is 24.3 Å². The lowest BCUT2D eigenvalue weighted by atomic mass is 10.0. The minimum atomic E-state index is -0.487. The van der Waals surface area contributed by atoms with E-state index in [9.17, 15) is 9.18 Å². The van der Waals surface area contributed by atoms with Crippen molar-refractivity contribution < 1.29 is 13.9 Å². The molecule has 0 aliphatic heterocycles. The smallest absolute Gasteiger partial charge is 0.150 e. The first kappa shape index (κ1) is 14.1. The first-order valence-electron chi connectivity index (χ1n) is 6.85. The molecule has 0 bridgehead atoms. The van der Waals surface area contributed by atoms with Crippen molar-refractivity contribution in [2.45, 2.75) is 12.8 Å². The van der Waals surface area contributed by atoms with Crippen LogP contribution in [-0.2, 0) is 0 Å². The third-order valence-corrected chi connectivity index (χ3v) is 3.85. The number of aldehydes is 1. The van der Waals surface area contributed by atoms with Crippen molar-refractivity contribution in [1.82, 2.24) is 0 Å². The molecule has 2 aromatic rings. The van der Waals surface area contributed by atoms with Gasteiger partial charge >= 0.3 is 0 Å². The molecule has 1 fully saturated rings. The second-order valence-corrected chi connectivity index (χ2v) is 5.66. The summed E-state index contributed by atoms with van der Waals surface area (Å²) in [5.74, 6) is 0.790. The molecule has 0 unspecified atom stereocenters. The summed E-state index contributed by atoms with van der Waals surface area (Å²) in [7, 11) is 0. The molecule has 0 N–H and O–H groups in total. The lowest BCUT2D eigenvalue weighted by Crippen LogP contribution is -2.01. The zero-order chi connectivity index (χ0) is 14.8. The van der Waals surface area contributed by atoms with Gasteiger partial charge in [-0.15, -0.1) is 0 Å². The number of ether oxygens (including phenoxy) is 1. The fraction of sp³-hybridized carbons (Fsp3) is 0.235. The molecule has 0 radical (unpaired) electrons. The Bertz CT molecular complexity index is 680. The quantitative estimate of drug-likeness (QED) is 0.745. The van der Waals surface area contributed by atoms with E-state index in [0.717, 1.165) is 6.29 Å². The van der Waals surface area contributed by atoms with Gasteiger partial charge in [-0.2, -0.15) is 0 Å². The maximum atomic E-state index is 13.7. The van der Waals surface area contributed by atoms with Crippen molar-refractivity contribution in [1.29, 1.82) is 0 Å². The van der Waals surface area contributed by atoms with Gasteiger partial charge in [-0.1, -0.05) is 17.7 Å². The molecule has 4 heteroatoms. The normalized spacial score (nSPS) is 14.0. The third kappa shape index (κ3) is 3.24. The number of benzene rings is 2. The lowest BCUT2D eigenvalue weighted by Gasteiger charge is -2.12. The van der Waals surface area contributed by atoms with E-state index in [0.29, 0.717) is 35.0 Å². The lowest BCUT2D eigenvalue weighted by molar-refractivity contribution is 0.112. The van der Waals surface area contributed by atoms with Gasteiger partial charge in [-0.3, -0.25) is 4.79 Å². The Morgan fingerprint density at radius 2 is 2.05 bits per heavy atom. The van der Waals surface area contributed by atoms with E-state index in [4.69, 9.17) is 16.3 Å². The molecule has 0 spiro atoms. The zero-order valence-corrected chi connectivity index (χ0v) is 12.1. The number of hydrogen-bond donors (Lipinski definition) is 0. The highest BCUT2D eigenvalue weighted by Crippen LogP contribution is 2.35. The Hall–Kier alpha value is -1.87. The van der Waals surface area contributed by atoms with Gasteiger partial charge in [-0.05, 0) is 54.7 Å². The Morgan fingerprint density at radius 3 is 2.71 bits per heavy atom. The molecule has 3 rings (SSSR count). The van der Waals surface area contributed by atoms with Crippen LogP contribution in [0.1, 0.15) is 23.2 Å². The molecule has 0 heterocycles. The van der Waals surface area contributed by atoms with Crippen LogP contribution in [0.5, 0.6) is 5.75 Å². The average molecular weight is 305 g/mol. The molecule has 1 aliphatic rings. The SMILES string of the molecule is O=Cc1ccc(OCC2CC2)c(-c2ccc(Cl)c(F)c2)c1. The van der Waals surface area contributed by atoms with Crippen LogP contribution in [0.25, 0.3) is 11.1 Å². The van der Waals surface area contributed by atoms with Crippen molar-refractivity contribution in [2.75, 3.05) is 6.61 Å². The highest BCUT2D eigenvalue weighted by molar-refractivity contribution is 6.30. The topological polar surface area (TPSA) is 26.3 Å². The van der Waals surface area contributed by atoms with Crippen molar-refractivity contribution in [3.8, 4) is 16.9 Å². The number of rotatable bonds is 5. The predicted molar refractivity (Wildman–Crippen MR) is 80.5 cm³/mol. The summed E-state index contributed by atoms with van der Waals surface area (Å²) in [6.45, 7) is 0.656. The third-order valence-electron chi connectivity index (χ3n) is 3.54. The van der Waals surface area contributed by atoms with E-state index in [-0.39, 0.29) is 5.02 Å². The highest BCUT2D eigenvalue weighted by Gasteiger charge is 2.22. The number of hydrogen-bond acceptors (Lipinski definition) is 2. The van der Waals surface area contributed by atoms with Crippen LogP contribution in [-0.4, -0.2) is 12.9 Å². The van der Waals surface area contributed by atoms with Crippen LogP contribution in [0.15, 0.2) is 36.4 Å². The predicted octanol–water partition coefficient (Wildman–Crippen LogP) is 4.75. The zero-order valence-electron chi connectivity index (χ0n) is 11.3. The maximum Gasteiger partial charge on any atom is 0.150 e. The monoisotopic (exact) mass is 304 g/mol. The van der Waals surface area contributed by atoms with Gasteiger partial charge in [0.25, 0.3) is 0 Å². The summed E-state index contributed by atoms with van der Waals surface area (Å²) in [5, 5.41) is 0.0748. The second kappa shape index (κ2) is 5.86. The van der Waals surface area contributed by atoms with Crippen molar-refractivity contribution >= 4 is 17.9 Å². The van der Waals surface area contributed by atoms with Crippen LogP contribution < -0.4 is 4.74 Å². The van der Waals surface area contributed by atoms with Crippen molar-refractivity contribution in [3.63, 3.8) is 0 Å². The minimum absolute atomic E-state index is 0.0748. The summed E-state index contributed by atoms with van der Waals surface area (Å²) in [6, 6.07) is 9.75. The molecule has 21 heavy (non-hydrogen) atoms. The fourth-order valence-corrected chi connectivity index (χ4v) is 2.25. The molecule has 1 saturated carbocycles. The Morgan fingerprint density at radius 1 is 1.24 bits per heavy atom. The van der Waals surface area contributed by atoms with Gasteiger partial charge in [-0.25, -0.2) is 4.39 Å². The molecule has 2 aromatic carbocycles. The van der Waals surface area contributed by atoms with Gasteiger partial charge in [0.05, 0.1) is 11.6 Å². The number of carbonyl (C=O) groups is 1. The van der Waals surface area contributed by atoms with E-state index in [1.807, 2.05) is 0 Å². The summed E-state index contributed by atoms with van der Waals surface area (Å²) in [5.41, 5.74) is 1.88. The molecular formula is C17H14ClFO2. The summed E-state index contributed by atoms with van der Waals surface area (Å²) >= 11 is 5.72. The molecule has 0 atom stereocenters. The molecule has 1 aliphatic carbocycles. The standard InChI is InChI=1S/C17H14ClFO2/c18-15-5-4-13(8-16(15)19)14-7-12(9-20)3-6-17(14)21-10-11-1-2-11/h3-9,11H,1-2,10H2. The maximum absolute atomic E-state index is 13.7. The van der Waals surface area contributed by atoms with Crippen LogP contribution in [0, 0.1) is 11.7 Å².